The maximum Gasteiger partial charge on any atom is 0.319 e. The molecule has 0 fully saturated rings. The first-order chi connectivity index (χ1) is 11.2. The highest BCUT2D eigenvalue weighted by Crippen LogP contribution is 2.22. The fourth-order valence-electron chi connectivity index (χ4n) is 1.95. The Bertz CT molecular complexity index is 652. The molecule has 0 aliphatic carbocycles. The molecule has 2 aromatic rings. The average molecular weight is 334 g/mol. The Morgan fingerprint density at radius 2 is 1.91 bits per heavy atom. The molecule has 0 radical (unpaired) electrons. The summed E-state index contributed by atoms with van der Waals surface area (Å²) in [5.74, 6) is 1.70. The number of amides is 2. The number of hydrogen-bond acceptors (Lipinski definition) is 3. The number of ether oxygens (including phenoxy) is 1. The van der Waals surface area contributed by atoms with Crippen LogP contribution in [0.1, 0.15) is 5.56 Å². The molecule has 0 aliphatic rings. The van der Waals surface area contributed by atoms with E-state index in [0.717, 1.165) is 0 Å². The Hall–Kier alpha value is -2.21. The molecule has 0 saturated heterocycles. The van der Waals surface area contributed by atoms with Crippen LogP contribution in [0, 0.1) is 5.82 Å². The molecular formula is C17H19FN2O2S. The molecule has 0 unspecified atom stereocenters. The number of rotatable bonds is 7. The number of hydrogen-bond donors (Lipinski definition) is 2. The van der Waals surface area contributed by atoms with Crippen LogP contribution in [-0.2, 0) is 5.75 Å². The van der Waals surface area contributed by atoms with Crippen molar-refractivity contribution < 1.29 is 13.9 Å². The summed E-state index contributed by atoms with van der Waals surface area (Å²) in [6.45, 7) is 0.500. The van der Waals surface area contributed by atoms with Crippen LogP contribution in [0.15, 0.2) is 48.5 Å². The van der Waals surface area contributed by atoms with Crippen molar-refractivity contribution in [3.05, 3.63) is 59.9 Å². The first-order valence-corrected chi connectivity index (χ1v) is 8.35. The second-order valence-electron chi connectivity index (χ2n) is 4.73. The van der Waals surface area contributed by atoms with Crippen LogP contribution in [0.25, 0.3) is 0 Å². The smallest absolute Gasteiger partial charge is 0.319 e. The monoisotopic (exact) mass is 334 g/mol. The molecule has 2 rings (SSSR count). The van der Waals surface area contributed by atoms with Crippen molar-refractivity contribution >= 4 is 23.5 Å². The SMILES string of the molecule is COc1ccccc1NC(=O)NCCSCc1ccccc1F. The lowest BCUT2D eigenvalue weighted by Gasteiger charge is -2.10. The summed E-state index contributed by atoms with van der Waals surface area (Å²) in [6.07, 6.45) is 0. The van der Waals surface area contributed by atoms with Gasteiger partial charge in [-0.2, -0.15) is 11.8 Å². The molecule has 0 heterocycles. The van der Waals surface area contributed by atoms with E-state index in [4.69, 9.17) is 4.74 Å². The average Bonchev–Trinajstić information content (AvgIpc) is 2.56. The van der Waals surface area contributed by atoms with Gasteiger partial charge in [0, 0.05) is 18.1 Å². The van der Waals surface area contributed by atoms with Crippen molar-refractivity contribution in [3.63, 3.8) is 0 Å². The minimum atomic E-state index is -0.291. The van der Waals surface area contributed by atoms with Crippen molar-refractivity contribution in [2.45, 2.75) is 5.75 Å². The topological polar surface area (TPSA) is 50.4 Å². The van der Waals surface area contributed by atoms with Gasteiger partial charge in [0.1, 0.15) is 11.6 Å². The molecule has 4 nitrogen and oxygen atoms in total. The zero-order valence-corrected chi connectivity index (χ0v) is 13.7. The molecule has 122 valence electrons. The number of thioether (sulfide) groups is 1. The molecule has 0 bridgehead atoms. The maximum atomic E-state index is 13.4. The number of benzene rings is 2. The Morgan fingerprint density at radius 1 is 1.17 bits per heavy atom. The summed E-state index contributed by atoms with van der Waals surface area (Å²) in [7, 11) is 1.55. The predicted molar refractivity (Wildman–Crippen MR) is 92.6 cm³/mol. The lowest BCUT2D eigenvalue weighted by atomic mass is 10.2. The summed E-state index contributed by atoms with van der Waals surface area (Å²) in [4.78, 5) is 11.8. The number of nitrogens with one attached hydrogen (secondary N) is 2. The van der Waals surface area contributed by atoms with Crippen LogP contribution in [0.3, 0.4) is 0 Å². The minimum Gasteiger partial charge on any atom is -0.495 e. The highest BCUT2D eigenvalue weighted by Gasteiger charge is 2.06. The largest absolute Gasteiger partial charge is 0.495 e. The third-order valence-electron chi connectivity index (χ3n) is 3.10. The van der Waals surface area contributed by atoms with Gasteiger partial charge in [0.25, 0.3) is 0 Å². The van der Waals surface area contributed by atoms with Gasteiger partial charge in [-0.25, -0.2) is 9.18 Å². The molecular weight excluding hydrogens is 315 g/mol. The van der Waals surface area contributed by atoms with E-state index < -0.39 is 0 Å². The molecule has 0 aliphatic heterocycles. The molecule has 0 aromatic heterocycles. The molecule has 6 heteroatoms. The van der Waals surface area contributed by atoms with E-state index in [1.807, 2.05) is 18.2 Å². The second kappa shape index (κ2) is 9.05. The summed E-state index contributed by atoms with van der Waals surface area (Å²) in [5, 5.41) is 5.50. The van der Waals surface area contributed by atoms with Gasteiger partial charge in [-0.15, -0.1) is 0 Å². The first-order valence-electron chi connectivity index (χ1n) is 7.19. The lowest BCUT2D eigenvalue weighted by Crippen LogP contribution is -2.30. The molecule has 2 amide bonds. The number of anilines is 1. The molecule has 2 aromatic carbocycles. The van der Waals surface area contributed by atoms with Crippen molar-refractivity contribution in [2.75, 3.05) is 24.7 Å². The number of para-hydroxylation sites is 2. The van der Waals surface area contributed by atoms with Gasteiger partial charge in [-0.3, -0.25) is 0 Å². The Morgan fingerprint density at radius 3 is 2.70 bits per heavy atom. The molecule has 0 saturated carbocycles. The van der Waals surface area contributed by atoms with Crippen LogP contribution in [-0.4, -0.2) is 25.4 Å². The highest BCUT2D eigenvalue weighted by molar-refractivity contribution is 7.98. The number of urea groups is 1. The van der Waals surface area contributed by atoms with Crippen LogP contribution >= 0.6 is 11.8 Å². The van der Waals surface area contributed by atoms with Crippen LogP contribution in [0.4, 0.5) is 14.9 Å². The van der Waals surface area contributed by atoms with E-state index in [1.54, 1.807) is 43.1 Å². The van der Waals surface area contributed by atoms with Crippen molar-refractivity contribution in [3.8, 4) is 5.75 Å². The zero-order chi connectivity index (χ0) is 16.5. The van der Waals surface area contributed by atoms with Gasteiger partial charge in [-0.05, 0) is 23.8 Å². The van der Waals surface area contributed by atoms with Crippen molar-refractivity contribution in [2.24, 2.45) is 0 Å². The summed E-state index contributed by atoms with van der Waals surface area (Å²) in [5.41, 5.74) is 1.29. The van der Waals surface area contributed by atoms with Gasteiger partial charge in [0.2, 0.25) is 0 Å². The van der Waals surface area contributed by atoms with Gasteiger partial charge < -0.3 is 15.4 Å². The van der Waals surface area contributed by atoms with E-state index in [0.29, 0.717) is 35.1 Å². The third-order valence-corrected chi connectivity index (χ3v) is 4.11. The standard InChI is InChI=1S/C17H19FN2O2S/c1-22-16-9-5-4-8-15(16)20-17(21)19-10-11-23-12-13-6-2-3-7-14(13)18/h2-9H,10-12H2,1H3,(H2,19,20,21). The van der Waals surface area contributed by atoms with E-state index in [9.17, 15) is 9.18 Å². The van der Waals surface area contributed by atoms with E-state index in [2.05, 4.69) is 10.6 Å². The van der Waals surface area contributed by atoms with Gasteiger partial charge in [0.15, 0.2) is 0 Å². The number of carbonyl (C=O) groups is 1. The van der Waals surface area contributed by atoms with Crippen LogP contribution in [0.2, 0.25) is 0 Å². The molecule has 2 N–H and O–H groups in total. The summed E-state index contributed by atoms with van der Waals surface area (Å²) >= 11 is 1.57. The summed E-state index contributed by atoms with van der Waals surface area (Å²) < 4.78 is 18.6. The lowest BCUT2D eigenvalue weighted by molar-refractivity contribution is 0.252. The second-order valence-corrected chi connectivity index (χ2v) is 5.83. The highest BCUT2D eigenvalue weighted by atomic mass is 32.2. The van der Waals surface area contributed by atoms with E-state index in [-0.39, 0.29) is 11.8 Å². The van der Waals surface area contributed by atoms with Crippen LogP contribution in [0.5, 0.6) is 5.75 Å². The quantitative estimate of drug-likeness (QED) is 0.755. The first kappa shape index (κ1) is 17.1. The fourth-order valence-corrected chi connectivity index (χ4v) is 2.79. The minimum absolute atomic E-state index is 0.193. The van der Waals surface area contributed by atoms with E-state index >= 15 is 0 Å². The van der Waals surface area contributed by atoms with Gasteiger partial charge in [0.05, 0.1) is 12.8 Å². The van der Waals surface area contributed by atoms with Crippen LogP contribution < -0.4 is 15.4 Å². The number of carbonyl (C=O) groups excluding carboxylic acids is 1. The fraction of sp³-hybridized carbons (Fsp3) is 0.235. The number of methoxy groups -OCH3 is 1. The Kier molecular flexibility index (Phi) is 6.75. The Balaban J connectivity index is 1.68. The van der Waals surface area contributed by atoms with E-state index in [1.165, 1.54) is 6.07 Å². The van der Waals surface area contributed by atoms with Gasteiger partial charge in [-0.1, -0.05) is 30.3 Å². The zero-order valence-electron chi connectivity index (χ0n) is 12.8. The molecule has 0 atom stereocenters. The summed E-state index contributed by atoms with van der Waals surface area (Å²) in [6, 6.07) is 13.6. The third kappa shape index (κ3) is 5.49. The normalized spacial score (nSPS) is 10.2. The number of halogens is 1. The molecule has 0 spiro atoms. The molecule has 23 heavy (non-hydrogen) atoms. The van der Waals surface area contributed by atoms with Gasteiger partial charge >= 0.3 is 6.03 Å². The van der Waals surface area contributed by atoms with Crippen molar-refractivity contribution in [1.29, 1.82) is 0 Å². The maximum absolute atomic E-state index is 13.4. The Labute approximate surface area is 139 Å². The predicted octanol–water partition coefficient (Wildman–Crippen LogP) is 3.89. The van der Waals surface area contributed by atoms with Crippen molar-refractivity contribution in [1.82, 2.24) is 5.32 Å².